The van der Waals surface area contributed by atoms with E-state index in [1.165, 1.54) is 0 Å². The van der Waals surface area contributed by atoms with Gasteiger partial charge in [-0.05, 0) is 88.0 Å². The molecule has 0 saturated heterocycles. The van der Waals surface area contributed by atoms with E-state index in [1.807, 2.05) is 0 Å². The molecule has 0 bridgehead atoms. The summed E-state index contributed by atoms with van der Waals surface area (Å²) in [5.41, 5.74) is 0. The van der Waals surface area contributed by atoms with Crippen molar-refractivity contribution in [1.29, 1.82) is 0 Å². The highest BCUT2D eigenvalue weighted by molar-refractivity contribution is 9.11. The Balaban J connectivity index is 2.68. The monoisotopic (exact) mass is 566 g/mol. The molecule has 2 aromatic carbocycles. The number of benzene rings is 2. The van der Waals surface area contributed by atoms with Crippen molar-refractivity contribution in [2.75, 3.05) is 0 Å². The molecule has 0 atom stereocenters. The Labute approximate surface area is 153 Å². The molecule has 112 valence electrons. The van der Waals surface area contributed by atoms with E-state index in [2.05, 4.69) is 63.7 Å². The Kier molecular flexibility index (Phi) is 5.30. The van der Waals surface area contributed by atoms with Crippen molar-refractivity contribution in [3.05, 3.63) is 53.8 Å². The van der Waals surface area contributed by atoms with Gasteiger partial charge in [-0.3, -0.25) is 0 Å². The predicted molar refractivity (Wildman–Crippen MR) is 89.1 cm³/mol. The molecule has 0 heterocycles. The van der Waals surface area contributed by atoms with Gasteiger partial charge in [-0.25, -0.2) is 17.2 Å². The lowest BCUT2D eigenvalue weighted by Crippen LogP contribution is -2.04. The Morgan fingerprint density at radius 3 is 1.14 bits per heavy atom. The van der Waals surface area contributed by atoms with Gasteiger partial charge in [0.15, 0.2) is 11.6 Å². The molecule has 2 aromatic rings. The van der Waals surface area contributed by atoms with Gasteiger partial charge in [0.2, 0.25) is 9.84 Å². The van der Waals surface area contributed by atoms with E-state index in [-0.39, 0.29) is 27.7 Å². The van der Waals surface area contributed by atoms with E-state index < -0.39 is 21.5 Å². The fraction of sp³-hybridized carbons (Fsp3) is 0. The quantitative estimate of drug-likeness (QED) is 0.336. The van der Waals surface area contributed by atoms with E-state index in [0.29, 0.717) is 0 Å². The topological polar surface area (TPSA) is 34.1 Å². The Bertz CT molecular complexity index is 728. The molecule has 0 amide bonds. The van der Waals surface area contributed by atoms with Gasteiger partial charge in [-0.2, -0.15) is 0 Å². The van der Waals surface area contributed by atoms with Crippen LogP contribution >= 0.6 is 63.7 Å². The largest absolute Gasteiger partial charge is 0.219 e. The van der Waals surface area contributed by atoms with E-state index in [1.54, 1.807) is 0 Å². The van der Waals surface area contributed by atoms with Crippen LogP contribution in [0.15, 0.2) is 51.9 Å². The molecule has 0 aliphatic rings. The summed E-state index contributed by atoms with van der Waals surface area (Å²) in [6.45, 7) is 0. The van der Waals surface area contributed by atoms with E-state index in [0.717, 1.165) is 24.3 Å². The maximum atomic E-state index is 13.5. The molecule has 0 spiro atoms. The summed E-state index contributed by atoms with van der Waals surface area (Å²) in [7, 11) is -3.92. The number of sulfone groups is 1. The Hall–Kier alpha value is 0.170. The molecule has 0 radical (unpaired) electrons. The zero-order valence-electron chi connectivity index (χ0n) is 9.80. The lowest BCUT2D eigenvalue weighted by molar-refractivity contribution is 0.590. The predicted octanol–water partition coefficient (Wildman–Crippen LogP) is 5.85. The summed E-state index contributed by atoms with van der Waals surface area (Å²) in [6, 6.07) is 4.61. The van der Waals surface area contributed by atoms with Crippen LogP contribution in [0.4, 0.5) is 8.78 Å². The highest BCUT2D eigenvalue weighted by Crippen LogP contribution is 2.34. The Morgan fingerprint density at radius 2 is 0.905 bits per heavy atom. The van der Waals surface area contributed by atoms with Crippen LogP contribution in [0.25, 0.3) is 0 Å². The van der Waals surface area contributed by atoms with Crippen molar-refractivity contribution in [1.82, 2.24) is 0 Å². The zero-order valence-corrected chi connectivity index (χ0v) is 17.0. The van der Waals surface area contributed by atoms with Gasteiger partial charge in [0.05, 0.1) is 27.7 Å². The number of rotatable bonds is 2. The lowest BCUT2D eigenvalue weighted by Gasteiger charge is -2.09. The lowest BCUT2D eigenvalue weighted by atomic mass is 10.3. The summed E-state index contributed by atoms with van der Waals surface area (Å²) < 4.78 is 52.2. The summed E-state index contributed by atoms with van der Waals surface area (Å²) in [5.74, 6) is -1.20. The van der Waals surface area contributed by atoms with Crippen LogP contribution in [0, 0.1) is 11.6 Å². The maximum absolute atomic E-state index is 13.5. The number of hydrogen-bond acceptors (Lipinski definition) is 2. The molecule has 0 N–H and O–H groups in total. The van der Waals surface area contributed by atoms with Gasteiger partial charge < -0.3 is 0 Å². The molecule has 0 fully saturated rings. The highest BCUT2D eigenvalue weighted by Gasteiger charge is 2.23. The number of halogens is 6. The minimum atomic E-state index is -3.92. The van der Waals surface area contributed by atoms with Crippen molar-refractivity contribution in [2.24, 2.45) is 0 Å². The molecule has 0 aromatic heterocycles. The molecule has 9 heteroatoms. The normalized spacial score (nSPS) is 11.7. The van der Waals surface area contributed by atoms with Crippen molar-refractivity contribution in [3.63, 3.8) is 0 Å². The van der Waals surface area contributed by atoms with Gasteiger partial charge >= 0.3 is 0 Å². The third-order valence-electron chi connectivity index (χ3n) is 2.54. The second-order valence-electron chi connectivity index (χ2n) is 3.91. The number of hydrogen-bond donors (Lipinski definition) is 0. The molecule has 21 heavy (non-hydrogen) atoms. The first-order valence-corrected chi connectivity index (χ1v) is 9.84. The molecular formula is C12H4Br4F2O2S. The van der Waals surface area contributed by atoms with E-state index in [4.69, 9.17) is 0 Å². The minimum Gasteiger partial charge on any atom is -0.219 e. The molecule has 2 nitrogen and oxygen atoms in total. The summed E-state index contributed by atoms with van der Waals surface area (Å²) in [5, 5.41) is 0. The SMILES string of the molecule is O=S(=O)(c1cc(Br)c(F)c(Br)c1)c1cc(Br)c(F)c(Br)c1. The van der Waals surface area contributed by atoms with Gasteiger partial charge in [0, 0.05) is 0 Å². The molecule has 0 aliphatic heterocycles. The highest BCUT2D eigenvalue weighted by atomic mass is 79.9. The van der Waals surface area contributed by atoms with Crippen LogP contribution in [0.2, 0.25) is 0 Å². The first-order chi connectivity index (χ1) is 9.64. The third kappa shape index (κ3) is 3.41. The summed E-state index contributed by atoms with van der Waals surface area (Å²) in [4.78, 5) is -0.235. The van der Waals surface area contributed by atoms with Crippen molar-refractivity contribution in [3.8, 4) is 0 Å². The average Bonchev–Trinajstić information content (AvgIpc) is 2.40. The fourth-order valence-electron chi connectivity index (χ4n) is 1.51. The molecule has 2 rings (SSSR count). The van der Waals surface area contributed by atoms with Gasteiger partial charge in [-0.15, -0.1) is 0 Å². The van der Waals surface area contributed by atoms with E-state index in [9.17, 15) is 17.2 Å². The molecule has 0 aliphatic carbocycles. The zero-order chi connectivity index (χ0) is 15.9. The molecule has 0 saturated carbocycles. The van der Waals surface area contributed by atoms with Crippen LogP contribution in [-0.4, -0.2) is 8.42 Å². The standard InChI is InChI=1S/C12H4Br4F2O2S/c13-7-1-5(2-8(14)11(7)17)21(19,20)6-3-9(15)12(18)10(16)4-6/h1-4H. The molecular weight excluding hydrogens is 566 g/mol. The first-order valence-electron chi connectivity index (χ1n) is 5.18. The maximum Gasteiger partial charge on any atom is 0.206 e. The minimum absolute atomic E-state index is 0.00990. The van der Waals surface area contributed by atoms with Crippen molar-refractivity contribution < 1.29 is 17.2 Å². The van der Waals surface area contributed by atoms with Crippen LogP contribution in [0.1, 0.15) is 0 Å². The molecule has 0 unspecified atom stereocenters. The van der Waals surface area contributed by atoms with Gasteiger partial charge in [-0.1, -0.05) is 0 Å². The van der Waals surface area contributed by atoms with Gasteiger partial charge in [0.1, 0.15) is 0 Å². The van der Waals surface area contributed by atoms with Crippen LogP contribution in [0.3, 0.4) is 0 Å². The van der Waals surface area contributed by atoms with Crippen molar-refractivity contribution in [2.45, 2.75) is 9.79 Å². The van der Waals surface area contributed by atoms with E-state index >= 15 is 0 Å². The average molecular weight is 570 g/mol. The second kappa shape index (κ2) is 6.35. The smallest absolute Gasteiger partial charge is 0.206 e. The van der Waals surface area contributed by atoms with Gasteiger partial charge in [0.25, 0.3) is 0 Å². The summed E-state index contributed by atoms with van der Waals surface area (Å²) >= 11 is 11.8. The first kappa shape index (κ1) is 17.5. The van der Waals surface area contributed by atoms with Crippen LogP contribution in [-0.2, 0) is 9.84 Å². The van der Waals surface area contributed by atoms with Crippen molar-refractivity contribution >= 4 is 73.6 Å². The third-order valence-corrected chi connectivity index (χ3v) is 6.56. The summed E-state index contributed by atoms with van der Waals surface area (Å²) in [6.07, 6.45) is 0. The van der Waals surface area contributed by atoms with Crippen LogP contribution < -0.4 is 0 Å². The van der Waals surface area contributed by atoms with Crippen LogP contribution in [0.5, 0.6) is 0 Å². The fourth-order valence-corrected chi connectivity index (χ4v) is 5.85. The second-order valence-corrected chi connectivity index (χ2v) is 9.27. The Morgan fingerprint density at radius 1 is 0.667 bits per heavy atom.